The zero-order chi connectivity index (χ0) is 9.72. The highest BCUT2D eigenvalue weighted by atomic mass is 16.2. The lowest BCUT2D eigenvalue weighted by Gasteiger charge is -2.15. The lowest BCUT2D eigenvalue weighted by molar-refractivity contribution is 0.241. The number of nitrogens with one attached hydrogen (secondary N) is 2. The third-order valence-electron chi connectivity index (χ3n) is 2.01. The Kier molecular flexibility index (Phi) is 4.40. The number of urea groups is 1. The van der Waals surface area contributed by atoms with Crippen molar-refractivity contribution in [2.24, 2.45) is 0 Å². The molecule has 1 unspecified atom stereocenters. The molecule has 70 valence electrons. The van der Waals surface area contributed by atoms with Gasteiger partial charge < -0.3 is 10.6 Å². The first-order chi connectivity index (χ1) is 5.49. The molecular formula is C9H18N2O. The quantitative estimate of drug-likeness (QED) is 0.608. The van der Waals surface area contributed by atoms with Gasteiger partial charge in [0.25, 0.3) is 0 Å². The van der Waals surface area contributed by atoms with Gasteiger partial charge in [-0.15, -0.1) is 0 Å². The highest BCUT2D eigenvalue weighted by Gasteiger charge is 2.07. The molecule has 0 spiro atoms. The van der Waals surface area contributed by atoms with Crippen molar-refractivity contribution in [2.75, 3.05) is 7.05 Å². The predicted octanol–water partition coefficient (Wildman–Crippen LogP) is 1.66. The molecule has 0 aliphatic rings. The first-order valence-corrected chi connectivity index (χ1v) is 4.11. The lowest BCUT2D eigenvalue weighted by Crippen LogP contribution is -2.39. The third kappa shape index (κ3) is 3.42. The van der Waals surface area contributed by atoms with Crippen LogP contribution in [0.4, 0.5) is 4.79 Å². The number of amides is 2. The van der Waals surface area contributed by atoms with E-state index in [-0.39, 0.29) is 12.1 Å². The number of allylic oxidation sites excluding steroid dienone is 1. The maximum absolute atomic E-state index is 10.9. The Morgan fingerprint density at radius 2 is 1.75 bits per heavy atom. The maximum Gasteiger partial charge on any atom is 0.314 e. The molecule has 0 radical (unpaired) electrons. The van der Waals surface area contributed by atoms with Crippen LogP contribution in [0.3, 0.4) is 0 Å². The molecule has 12 heavy (non-hydrogen) atoms. The Balaban J connectivity index is 4.14. The number of carbonyl (C=O) groups is 1. The molecule has 0 aliphatic carbocycles. The van der Waals surface area contributed by atoms with Crippen LogP contribution in [0.5, 0.6) is 0 Å². The average molecular weight is 170 g/mol. The Hall–Kier alpha value is -0.990. The molecule has 3 nitrogen and oxygen atoms in total. The summed E-state index contributed by atoms with van der Waals surface area (Å²) in [4.78, 5) is 10.9. The van der Waals surface area contributed by atoms with Gasteiger partial charge in [0.1, 0.15) is 0 Å². The van der Waals surface area contributed by atoms with E-state index in [4.69, 9.17) is 0 Å². The summed E-state index contributed by atoms with van der Waals surface area (Å²) in [5, 5.41) is 5.32. The Morgan fingerprint density at radius 3 is 2.08 bits per heavy atom. The molecule has 0 aromatic carbocycles. The van der Waals surface area contributed by atoms with Crippen LogP contribution in [-0.4, -0.2) is 19.1 Å². The van der Waals surface area contributed by atoms with E-state index in [2.05, 4.69) is 10.6 Å². The van der Waals surface area contributed by atoms with Crippen molar-refractivity contribution >= 4 is 6.03 Å². The third-order valence-corrected chi connectivity index (χ3v) is 2.01. The van der Waals surface area contributed by atoms with E-state index in [9.17, 15) is 4.79 Å². The topological polar surface area (TPSA) is 41.1 Å². The summed E-state index contributed by atoms with van der Waals surface area (Å²) in [5.41, 5.74) is 2.46. The van der Waals surface area contributed by atoms with Crippen LogP contribution < -0.4 is 10.6 Å². The van der Waals surface area contributed by atoms with Crippen LogP contribution in [0.25, 0.3) is 0 Å². The molecule has 1 atom stereocenters. The van der Waals surface area contributed by atoms with Gasteiger partial charge >= 0.3 is 6.03 Å². The summed E-state index contributed by atoms with van der Waals surface area (Å²) in [6.45, 7) is 8.07. The second-order valence-electron chi connectivity index (χ2n) is 3.13. The van der Waals surface area contributed by atoms with Gasteiger partial charge in [0.2, 0.25) is 0 Å². The molecular weight excluding hydrogens is 152 g/mol. The van der Waals surface area contributed by atoms with Gasteiger partial charge in [-0.1, -0.05) is 11.1 Å². The standard InChI is InChI=1S/C9H18N2O/c1-6(2)7(3)8(4)11-9(12)10-5/h8H,1-5H3,(H2,10,11,12). The molecule has 0 saturated carbocycles. The summed E-state index contributed by atoms with van der Waals surface area (Å²) in [6.07, 6.45) is 0. The van der Waals surface area contributed by atoms with Crippen LogP contribution in [0.2, 0.25) is 0 Å². The van der Waals surface area contributed by atoms with Gasteiger partial charge in [0, 0.05) is 13.1 Å². The molecule has 0 aromatic heterocycles. The molecule has 2 amide bonds. The summed E-state index contributed by atoms with van der Waals surface area (Å²) < 4.78 is 0. The molecule has 0 saturated heterocycles. The second kappa shape index (κ2) is 4.80. The van der Waals surface area contributed by atoms with Crippen molar-refractivity contribution in [1.82, 2.24) is 10.6 Å². The van der Waals surface area contributed by atoms with Gasteiger partial charge in [-0.3, -0.25) is 0 Å². The zero-order valence-electron chi connectivity index (χ0n) is 8.49. The average Bonchev–Trinajstić information content (AvgIpc) is 2.02. The normalized spacial score (nSPS) is 11.8. The first-order valence-electron chi connectivity index (χ1n) is 4.11. The van der Waals surface area contributed by atoms with E-state index < -0.39 is 0 Å². The van der Waals surface area contributed by atoms with Crippen LogP contribution in [0.15, 0.2) is 11.1 Å². The summed E-state index contributed by atoms with van der Waals surface area (Å²) >= 11 is 0. The number of rotatable bonds is 2. The van der Waals surface area contributed by atoms with Crippen molar-refractivity contribution in [1.29, 1.82) is 0 Å². The largest absolute Gasteiger partial charge is 0.341 e. The SMILES string of the molecule is CNC(=O)NC(C)C(C)=C(C)C. The van der Waals surface area contributed by atoms with Gasteiger partial charge in [0.15, 0.2) is 0 Å². The Labute approximate surface area is 74.2 Å². The Morgan fingerprint density at radius 1 is 1.25 bits per heavy atom. The maximum atomic E-state index is 10.9. The van der Waals surface area contributed by atoms with Gasteiger partial charge in [-0.25, -0.2) is 4.79 Å². The van der Waals surface area contributed by atoms with Crippen molar-refractivity contribution in [2.45, 2.75) is 33.7 Å². The molecule has 0 bridgehead atoms. The molecule has 0 fully saturated rings. The van der Waals surface area contributed by atoms with Crippen molar-refractivity contribution in [3.63, 3.8) is 0 Å². The van der Waals surface area contributed by atoms with E-state index in [1.165, 1.54) is 11.1 Å². The lowest BCUT2D eigenvalue weighted by atomic mass is 10.1. The van der Waals surface area contributed by atoms with E-state index in [1.54, 1.807) is 7.05 Å². The summed E-state index contributed by atoms with van der Waals surface area (Å²) in [6, 6.07) is -0.0296. The summed E-state index contributed by atoms with van der Waals surface area (Å²) in [5.74, 6) is 0. The van der Waals surface area contributed by atoms with Crippen molar-refractivity contribution < 1.29 is 4.79 Å². The fourth-order valence-electron chi connectivity index (χ4n) is 0.810. The van der Waals surface area contributed by atoms with Crippen LogP contribution >= 0.6 is 0 Å². The van der Waals surface area contributed by atoms with E-state index in [1.807, 2.05) is 27.7 Å². The van der Waals surface area contributed by atoms with E-state index >= 15 is 0 Å². The smallest absolute Gasteiger partial charge is 0.314 e. The number of carbonyl (C=O) groups excluding carboxylic acids is 1. The van der Waals surface area contributed by atoms with Crippen LogP contribution in [-0.2, 0) is 0 Å². The highest BCUT2D eigenvalue weighted by molar-refractivity contribution is 5.74. The molecule has 0 aromatic rings. The minimum Gasteiger partial charge on any atom is -0.341 e. The molecule has 0 heterocycles. The van der Waals surface area contributed by atoms with Crippen molar-refractivity contribution in [3.05, 3.63) is 11.1 Å². The monoisotopic (exact) mass is 170 g/mol. The van der Waals surface area contributed by atoms with Crippen LogP contribution in [0, 0.1) is 0 Å². The van der Waals surface area contributed by atoms with Gasteiger partial charge in [-0.2, -0.15) is 0 Å². The second-order valence-corrected chi connectivity index (χ2v) is 3.13. The van der Waals surface area contributed by atoms with Gasteiger partial charge in [-0.05, 0) is 27.7 Å². The first kappa shape index (κ1) is 11.0. The molecule has 0 rings (SSSR count). The highest BCUT2D eigenvalue weighted by Crippen LogP contribution is 2.06. The number of hydrogen-bond acceptors (Lipinski definition) is 1. The minimum absolute atomic E-state index is 0.106. The molecule has 0 aliphatic heterocycles. The predicted molar refractivity (Wildman–Crippen MR) is 51.1 cm³/mol. The Bertz CT molecular complexity index is 193. The van der Waals surface area contributed by atoms with E-state index in [0.29, 0.717) is 0 Å². The van der Waals surface area contributed by atoms with Crippen molar-refractivity contribution in [3.8, 4) is 0 Å². The van der Waals surface area contributed by atoms with Gasteiger partial charge in [0.05, 0.1) is 0 Å². The molecule has 3 heteroatoms. The number of hydrogen-bond donors (Lipinski definition) is 2. The fourth-order valence-corrected chi connectivity index (χ4v) is 0.810. The summed E-state index contributed by atoms with van der Waals surface area (Å²) in [7, 11) is 1.61. The zero-order valence-corrected chi connectivity index (χ0v) is 8.49. The fraction of sp³-hybridized carbons (Fsp3) is 0.667. The minimum atomic E-state index is -0.136. The van der Waals surface area contributed by atoms with E-state index in [0.717, 1.165) is 0 Å². The molecule has 2 N–H and O–H groups in total. The van der Waals surface area contributed by atoms with Crippen LogP contribution in [0.1, 0.15) is 27.7 Å².